The zero-order valence-electron chi connectivity index (χ0n) is 15.9. The molecule has 0 bridgehead atoms. The van der Waals surface area contributed by atoms with Crippen LogP contribution in [0.25, 0.3) is 0 Å². The second-order valence-corrected chi connectivity index (χ2v) is 8.84. The fourth-order valence-corrected chi connectivity index (χ4v) is 5.48. The molecule has 2 heterocycles. The van der Waals surface area contributed by atoms with Gasteiger partial charge in [0.2, 0.25) is 10.0 Å². The lowest BCUT2D eigenvalue weighted by Crippen LogP contribution is -2.53. The Labute approximate surface area is 158 Å². The molecule has 1 aromatic heterocycles. The van der Waals surface area contributed by atoms with E-state index in [9.17, 15) is 17.2 Å². The third-order valence-electron chi connectivity index (χ3n) is 5.00. The van der Waals surface area contributed by atoms with Crippen LogP contribution in [0, 0.1) is 20.8 Å². The molecule has 1 fully saturated rings. The lowest BCUT2D eigenvalue weighted by Gasteiger charge is -2.40. The van der Waals surface area contributed by atoms with Gasteiger partial charge in [0.25, 0.3) is 0 Å². The van der Waals surface area contributed by atoms with Gasteiger partial charge in [-0.1, -0.05) is 17.7 Å². The van der Waals surface area contributed by atoms with E-state index in [4.69, 9.17) is 0 Å². The van der Waals surface area contributed by atoms with Gasteiger partial charge in [-0.3, -0.25) is 0 Å². The average molecular weight is 398 g/mol. The number of sulfonamides is 1. The number of aromatic nitrogens is 2. The molecule has 9 heteroatoms. The van der Waals surface area contributed by atoms with Crippen molar-refractivity contribution in [3.05, 3.63) is 41.2 Å². The molecule has 0 aliphatic carbocycles. The fraction of sp³-hybridized carbons (Fsp3) is 0.500. The molecule has 6 nitrogen and oxygen atoms in total. The maximum Gasteiger partial charge on any atom is 0.333 e. The summed E-state index contributed by atoms with van der Waals surface area (Å²) in [5.74, 6) is 0. The Hall–Kier alpha value is -2.00. The minimum Gasteiger partial charge on any atom is -0.366 e. The largest absolute Gasteiger partial charge is 0.366 e. The molecular formula is C18H24F2N4O2S. The molecule has 0 amide bonds. The normalized spacial score (nSPS) is 19.1. The summed E-state index contributed by atoms with van der Waals surface area (Å²) in [7, 11) is -3.89. The van der Waals surface area contributed by atoms with Crippen molar-refractivity contribution in [2.24, 2.45) is 0 Å². The summed E-state index contributed by atoms with van der Waals surface area (Å²) in [6, 6.07) is 8.06. The summed E-state index contributed by atoms with van der Waals surface area (Å²) in [4.78, 5) is 2.05. The summed E-state index contributed by atoms with van der Waals surface area (Å²) in [5, 5.41) is 3.71. The van der Waals surface area contributed by atoms with Gasteiger partial charge in [0.15, 0.2) is 0 Å². The van der Waals surface area contributed by atoms with Crippen LogP contribution in [-0.4, -0.2) is 48.2 Å². The van der Waals surface area contributed by atoms with Crippen LogP contribution < -0.4 is 4.90 Å². The third kappa shape index (κ3) is 3.58. The van der Waals surface area contributed by atoms with Gasteiger partial charge in [0.05, 0.1) is 11.4 Å². The molecule has 0 saturated carbocycles. The lowest BCUT2D eigenvalue weighted by atomic mass is 10.1. The van der Waals surface area contributed by atoms with Gasteiger partial charge in [-0.05, 0) is 39.8 Å². The van der Waals surface area contributed by atoms with Crippen LogP contribution in [0.4, 0.5) is 14.5 Å². The number of alkyl halides is 2. The third-order valence-corrected chi connectivity index (χ3v) is 7.12. The molecule has 1 aliphatic heterocycles. The maximum atomic E-state index is 13.1. The standard InChI is InChI=1S/C18H24F2N4O2S/c1-12-5-7-16(8-6-12)23-10-9-22(11-13(23)2)27(25,26)17-14(3)21-24(15(17)4)18(19)20/h5-8,13,18H,9-11H2,1-4H3/t13-/m0/s1. The Balaban J connectivity index is 1.85. The molecule has 3 rings (SSSR count). The van der Waals surface area contributed by atoms with Gasteiger partial charge < -0.3 is 4.90 Å². The van der Waals surface area contributed by atoms with Crippen LogP contribution in [-0.2, 0) is 10.0 Å². The van der Waals surface area contributed by atoms with Crippen molar-refractivity contribution < 1.29 is 17.2 Å². The van der Waals surface area contributed by atoms with E-state index in [1.807, 2.05) is 38.1 Å². The number of piperazine rings is 1. The van der Waals surface area contributed by atoms with Crippen LogP contribution in [0.5, 0.6) is 0 Å². The lowest BCUT2D eigenvalue weighted by molar-refractivity contribution is 0.0538. The molecule has 0 N–H and O–H groups in total. The number of aryl methyl sites for hydroxylation is 2. The van der Waals surface area contributed by atoms with Gasteiger partial charge in [-0.2, -0.15) is 18.2 Å². The van der Waals surface area contributed by atoms with Gasteiger partial charge in [0, 0.05) is 31.4 Å². The van der Waals surface area contributed by atoms with E-state index in [2.05, 4.69) is 10.00 Å². The van der Waals surface area contributed by atoms with Crippen LogP contribution in [0.1, 0.15) is 30.4 Å². The van der Waals surface area contributed by atoms with Crippen molar-refractivity contribution in [1.29, 1.82) is 0 Å². The summed E-state index contributed by atoms with van der Waals surface area (Å²) in [6.45, 7) is 5.03. The highest BCUT2D eigenvalue weighted by Gasteiger charge is 2.36. The van der Waals surface area contributed by atoms with Crippen LogP contribution >= 0.6 is 0 Å². The molecule has 27 heavy (non-hydrogen) atoms. The van der Waals surface area contributed by atoms with E-state index >= 15 is 0 Å². The zero-order chi connectivity index (χ0) is 19.9. The number of benzene rings is 1. The summed E-state index contributed by atoms with van der Waals surface area (Å²) in [6.07, 6.45) is 0. The van der Waals surface area contributed by atoms with Gasteiger partial charge in [0.1, 0.15) is 4.90 Å². The Morgan fingerprint density at radius 2 is 1.74 bits per heavy atom. The van der Waals surface area contributed by atoms with Crippen molar-refractivity contribution in [3.8, 4) is 0 Å². The Kier molecular flexibility index (Phi) is 5.27. The fourth-order valence-electron chi connectivity index (χ4n) is 3.60. The Morgan fingerprint density at radius 1 is 1.11 bits per heavy atom. The average Bonchev–Trinajstić information content (AvgIpc) is 2.91. The monoisotopic (exact) mass is 398 g/mol. The number of anilines is 1. The molecule has 1 saturated heterocycles. The highest BCUT2D eigenvalue weighted by Crippen LogP contribution is 2.29. The first-order valence-corrected chi connectivity index (χ1v) is 10.2. The van der Waals surface area contributed by atoms with Crippen LogP contribution in [0.3, 0.4) is 0 Å². The minimum absolute atomic E-state index is 0.0314. The Bertz CT molecular complexity index is 926. The first kappa shape index (κ1) is 19.8. The molecule has 0 radical (unpaired) electrons. The molecule has 1 aliphatic rings. The summed E-state index contributed by atoms with van der Waals surface area (Å²) < 4.78 is 54.2. The quantitative estimate of drug-likeness (QED) is 0.794. The SMILES string of the molecule is Cc1ccc(N2CCN(S(=O)(=O)c3c(C)nn(C(F)F)c3C)C[C@@H]2C)cc1. The molecule has 1 atom stereocenters. The molecule has 1 aromatic carbocycles. The highest BCUT2D eigenvalue weighted by molar-refractivity contribution is 7.89. The summed E-state index contributed by atoms with van der Waals surface area (Å²) >= 11 is 0. The first-order valence-electron chi connectivity index (χ1n) is 8.80. The zero-order valence-corrected chi connectivity index (χ0v) is 16.7. The van der Waals surface area contributed by atoms with Crippen molar-refractivity contribution in [2.75, 3.05) is 24.5 Å². The van der Waals surface area contributed by atoms with E-state index in [0.29, 0.717) is 17.8 Å². The molecule has 0 unspecified atom stereocenters. The molecule has 148 valence electrons. The van der Waals surface area contributed by atoms with Gasteiger partial charge in [-0.15, -0.1) is 0 Å². The first-order chi connectivity index (χ1) is 12.6. The second kappa shape index (κ2) is 7.20. The predicted octanol–water partition coefficient (Wildman–Crippen LogP) is 3.10. The van der Waals surface area contributed by atoms with Gasteiger partial charge >= 0.3 is 6.55 Å². The summed E-state index contributed by atoms with van der Waals surface area (Å²) in [5.41, 5.74) is 2.27. The number of hydrogen-bond donors (Lipinski definition) is 0. The van der Waals surface area contributed by atoms with E-state index in [1.165, 1.54) is 18.2 Å². The number of hydrogen-bond acceptors (Lipinski definition) is 4. The van der Waals surface area contributed by atoms with E-state index in [1.54, 1.807) is 0 Å². The van der Waals surface area contributed by atoms with Crippen LogP contribution in [0.15, 0.2) is 29.2 Å². The molecular weight excluding hydrogens is 374 g/mol. The van der Waals surface area contributed by atoms with Gasteiger partial charge in [-0.25, -0.2) is 13.1 Å². The van der Waals surface area contributed by atoms with E-state index in [0.717, 1.165) is 11.3 Å². The topological polar surface area (TPSA) is 58.4 Å². The smallest absolute Gasteiger partial charge is 0.333 e. The maximum absolute atomic E-state index is 13.1. The van der Waals surface area contributed by atoms with Crippen molar-refractivity contribution in [3.63, 3.8) is 0 Å². The Morgan fingerprint density at radius 3 is 2.26 bits per heavy atom. The second-order valence-electron chi connectivity index (χ2n) is 6.96. The van der Waals surface area contributed by atoms with Crippen molar-refractivity contribution >= 4 is 15.7 Å². The van der Waals surface area contributed by atoms with E-state index < -0.39 is 16.6 Å². The van der Waals surface area contributed by atoms with Crippen LogP contribution in [0.2, 0.25) is 0 Å². The number of rotatable bonds is 4. The molecule has 0 spiro atoms. The highest BCUT2D eigenvalue weighted by atomic mass is 32.2. The molecule has 2 aromatic rings. The van der Waals surface area contributed by atoms with Crippen molar-refractivity contribution in [1.82, 2.24) is 14.1 Å². The minimum atomic E-state index is -3.89. The number of nitrogens with zero attached hydrogens (tertiary/aromatic N) is 4. The predicted molar refractivity (Wildman–Crippen MR) is 99.7 cm³/mol. The van der Waals surface area contributed by atoms with E-state index in [-0.39, 0.29) is 28.9 Å². The van der Waals surface area contributed by atoms with Crippen molar-refractivity contribution in [2.45, 2.75) is 45.2 Å². The number of halogens is 2.